The lowest BCUT2D eigenvalue weighted by Crippen LogP contribution is -2.38. The molecule has 6 heteroatoms. The lowest BCUT2D eigenvalue weighted by molar-refractivity contribution is -0.0883. The minimum absolute atomic E-state index is 0.148. The fourth-order valence-electron chi connectivity index (χ4n) is 2.08. The molecule has 0 unspecified atom stereocenters. The molecule has 0 aromatic rings. The van der Waals surface area contributed by atoms with Crippen LogP contribution in [0.15, 0.2) is 0 Å². The van der Waals surface area contributed by atoms with Crippen molar-refractivity contribution >= 4 is 0 Å². The van der Waals surface area contributed by atoms with Crippen LogP contribution in [0.5, 0.6) is 0 Å². The van der Waals surface area contributed by atoms with Gasteiger partial charge in [-0.05, 0) is 27.2 Å². The second kappa shape index (κ2) is 17.6. The van der Waals surface area contributed by atoms with Crippen molar-refractivity contribution in [2.24, 2.45) is 5.41 Å². The van der Waals surface area contributed by atoms with Crippen LogP contribution in [-0.4, -0.2) is 79.3 Å². The van der Waals surface area contributed by atoms with Crippen LogP contribution in [0, 0.1) is 5.41 Å². The summed E-state index contributed by atoms with van der Waals surface area (Å²) >= 11 is 0. The zero-order valence-electron chi connectivity index (χ0n) is 16.1. The summed E-state index contributed by atoms with van der Waals surface area (Å²) in [6, 6.07) is 0. The van der Waals surface area contributed by atoms with E-state index >= 15 is 0 Å². The van der Waals surface area contributed by atoms with Gasteiger partial charge in [-0.3, -0.25) is 0 Å². The molecule has 0 aromatic carbocycles. The van der Waals surface area contributed by atoms with Crippen molar-refractivity contribution in [3.8, 4) is 0 Å². The summed E-state index contributed by atoms with van der Waals surface area (Å²) < 4.78 is 33.3. The molecule has 0 rings (SSSR count). The average Bonchev–Trinajstić information content (AvgIpc) is 2.60. The summed E-state index contributed by atoms with van der Waals surface area (Å²) in [7, 11) is 0. The third-order valence-electron chi connectivity index (χ3n) is 3.70. The Kier molecular flexibility index (Phi) is 17.4. The third kappa shape index (κ3) is 13.1. The molecule has 0 amide bonds. The molecule has 0 fully saturated rings. The minimum Gasteiger partial charge on any atom is -0.379 e. The van der Waals surface area contributed by atoms with Gasteiger partial charge in [0.2, 0.25) is 0 Å². The van der Waals surface area contributed by atoms with Gasteiger partial charge in [-0.2, -0.15) is 0 Å². The van der Waals surface area contributed by atoms with Crippen molar-refractivity contribution in [2.75, 3.05) is 79.3 Å². The smallest absolute Gasteiger partial charge is 0.0700 e. The maximum Gasteiger partial charge on any atom is 0.0700 e. The predicted molar refractivity (Wildman–Crippen MR) is 94.7 cm³/mol. The molecule has 0 bridgehead atoms. The molecular formula is C18H38O6. The molecule has 0 radical (unpaired) electrons. The van der Waals surface area contributed by atoms with Gasteiger partial charge in [0.1, 0.15) is 0 Å². The Morgan fingerprint density at radius 1 is 0.458 bits per heavy atom. The first-order chi connectivity index (χ1) is 11.7. The Bertz CT molecular complexity index is 214. The highest BCUT2D eigenvalue weighted by Crippen LogP contribution is 2.24. The van der Waals surface area contributed by atoms with Gasteiger partial charge < -0.3 is 28.4 Å². The van der Waals surface area contributed by atoms with Crippen molar-refractivity contribution < 1.29 is 28.4 Å². The van der Waals surface area contributed by atoms with Crippen LogP contribution in [0.4, 0.5) is 0 Å². The van der Waals surface area contributed by atoms with Crippen LogP contribution in [-0.2, 0) is 28.4 Å². The van der Waals surface area contributed by atoms with Crippen LogP contribution in [0.1, 0.15) is 34.1 Å². The summed E-state index contributed by atoms with van der Waals surface area (Å²) in [5.41, 5.74) is -0.148. The first kappa shape index (κ1) is 23.8. The average molecular weight is 350 g/mol. The van der Waals surface area contributed by atoms with E-state index in [1.807, 2.05) is 20.8 Å². The molecule has 0 saturated carbocycles. The molecule has 6 nitrogen and oxygen atoms in total. The first-order valence-corrected chi connectivity index (χ1v) is 9.21. The third-order valence-corrected chi connectivity index (χ3v) is 3.70. The van der Waals surface area contributed by atoms with E-state index in [9.17, 15) is 0 Å². The van der Waals surface area contributed by atoms with Gasteiger partial charge in [0, 0.05) is 25.2 Å². The summed E-state index contributed by atoms with van der Waals surface area (Å²) in [5.74, 6) is 0. The number of rotatable bonds is 19. The van der Waals surface area contributed by atoms with Gasteiger partial charge in [-0.15, -0.1) is 0 Å². The van der Waals surface area contributed by atoms with E-state index in [1.54, 1.807) is 0 Å². The second-order valence-corrected chi connectivity index (χ2v) is 5.60. The van der Waals surface area contributed by atoms with Gasteiger partial charge in [0.05, 0.1) is 59.5 Å². The Morgan fingerprint density at radius 2 is 0.750 bits per heavy atom. The Morgan fingerprint density at radius 3 is 1.00 bits per heavy atom. The van der Waals surface area contributed by atoms with Crippen molar-refractivity contribution in [1.82, 2.24) is 0 Å². The number of ether oxygens (including phenoxy) is 6. The zero-order valence-corrected chi connectivity index (χ0v) is 16.1. The van der Waals surface area contributed by atoms with Gasteiger partial charge >= 0.3 is 0 Å². The SMILES string of the molecule is CCOCCOCC(CC)(COCCOCC)COCCOCC. The highest BCUT2D eigenvalue weighted by atomic mass is 16.5. The van der Waals surface area contributed by atoms with Crippen molar-refractivity contribution in [2.45, 2.75) is 34.1 Å². The van der Waals surface area contributed by atoms with E-state index in [0.717, 1.165) is 6.42 Å². The fraction of sp³-hybridized carbons (Fsp3) is 1.00. The van der Waals surface area contributed by atoms with E-state index in [-0.39, 0.29) is 5.41 Å². The summed E-state index contributed by atoms with van der Waals surface area (Å²) in [6.07, 6.45) is 0.922. The molecule has 0 saturated heterocycles. The fourth-order valence-corrected chi connectivity index (χ4v) is 2.08. The van der Waals surface area contributed by atoms with Crippen molar-refractivity contribution in [3.63, 3.8) is 0 Å². The minimum atomic E-state index is -0.148. The predicted octanol–water partition coefficient (Wildman–Crippen LogP) is 2.54. The molecular weight excluding hydrogens is 312 g/mol. The highest BCUT2D eigenvalue weighted by Gasteiger charge is 2.29. The highest BCUT2D eigenvalue weighted by molar-refractivity contribution is 4.77. The molecule has 0 N–H and O–H groups in total. The van der Waals surface area contributed by atoms with Gasteiger partial charge in [-0.25, -0.2) is 0 Å². The maximum atomic E-state index is 5.80. The number of hydrogen-bond acceptors (Lipinski definition) is 6. The van der Waals surface area contributed by atoms with E-state index in [2.05, 4.69) is 6.92 Å². The van der Waals surface area contributed by atoms with Gasteiger partial charge in [0.15, 0.2) is 0 Å². The zero-order chi connectivity index (χ0) is 17.9. The summed E-state index contributed by atoms with van der Waals surface area (Å²) in [6.45, 7) is 15.6. The van der Waals surface area contributed by atoms with Gasteiger partial charge in [0.25, 0.3) is 0 Å². The normalized spacial score (nSPS) is 12.0. The van der Waals surface area contributed by atoms with Crippen LogP contribution in [0.25, 0.3) is 0 Å². The van der Waals surface area contributed by atoms with E-state index in [0.29, 0.717) is 79.3 Å². The molecule has 0 spiro atoms. The first-order valence-electron chi connectivity index (χ1n) is 9.21. The monoisotopic (exact) mass is 350 g/mol. The lowest BCUT2D eigenvalue weighted by Gasteiger charge is -2.32. The lowest BCUT2D eigenvalue weighted by atomic mass is 9.88. The maximum absolute atomic E-state index is 5.80. The van der Waals surface area contributed by atoms with Crippen molar-refractivity contribution in [3.05, 3.63) is 0 Å². The molecule has 0 aliphatic rings. The molecule has 0 heterocycles. The van der Waals surface area contributed by atoms with E-state index < -0.39 is 0 Å². The standard InChI is InChI=1S/C18H38O6/c1-5-18(15-22-12-9-19-6-2,16-23-13-10-20-7-3)17-24-14-11-21-8-4/h5-17H2,1-4H3. The van der Waals surface area contributed by atoms with Crippen LogP contribution in [0.2, 0.25) is 0 Å². The Labute approximate surface area is 148 Å². The van der Waals surface area contributed by atoms with E-state index in [4.69, 9.17) is 28.4 Å². The molecule has 0 aliphatic carbocycles. The quantitative estimate of drug-likeness (QED) is 0.334. The van der Waals surface area contributed by atoms with Crippen LogP contribution in [0.3, 0.4) is 0 Å². The van der Waals surface area contributed by atoms with Crippen LogP contribution >= 0.6 is 0 Å². The molecule has 0 aromatic heterocycles. The summed E-state index contributed by atoms with van der Waals surface area (Å²) in [5, 5.41) is 0. The van der Waals surface area contributed by atoms with E-state index in [1.165, 1.54) is 0 Å². The number of hydrogen-bond donors (Lipinski definition) is 0. The Balaban J connectivity index is 4.23. The van der Waals surface area contributed by atoms with Crippen LogP contribution < -0.4 is 0 Å². The molecule has 24 heavy (non-hydrogen) atoms. The topological polar surface area (TPSA) is 55.4 Å². The second-order valence-electron chi connectivity index (χ2n) is 5.60. The summed E-state index contributed by atoms with van der Waals surface area (Å²) in [4.78, 5) is 0. The molecule has 0 atom stereocenters. The molecule has 146 valence electrons. The van der Waals surface area contributed by atoms with Crippen molar-refractivity contribution in [1.29, 1.82) is 0 Å². The Hall–Kier alpha value is -0.240. The van der Waals surface area contributed by atoms with Gasteiger partial charge in [-0.1, -0.05) is 6.92 Å². The largest absolute Gasteiger partial charge is 0.379 e. The molecule has 0 aliphatic heterocycles.